The van der Waals surface area contributed by atoms with E-state index in [1.54, 1.807) is 0 Å². The molecule has 0 radical (unpaired) electrons. The van der Waals surface area contributed by atoms with Crippen molar-refractivity contribution in [2.24, 2.45) is 0 Å². The summed E-state index contributed by atoms with van der Waals surface area (Å²) in [6.07, 6.45) is 2.14. The fourth-order valence-electron chi connectivity index (χ4n) is 3.37. The first-order valence-electron chi connectivity index (χ1n) is 8.44. The van der Waals surface area contributed by atoms with E-state index >= 15 is 0 Å². The Hall–Kier alpha value is -2.42. The number of nitro groups is 1. The van der Waals surface area contributed by atoms with Crippen LogP contribution in [-0.4, -0.2) is 66.4 Å². The lowest BCUT2D eigenvalue weighted by Crippen LogP contribution is -2.50. The van der Waals surface area contributed by atoms with E-state index in [1.807, 2.05) is 9.80 Å². The lowest BCUT2D eigenvalue weighted by Gasteiger charge is -2.36. The van der Waals surface area contributed by atoms with Gasteiger partial charge in [-0.3, -0.25) is 19.8 Å². The average Bonchev–Trinajstić information content (AvgIpc) is 3.12. The van der Waals surface area contributed by atoms with E-state index in [-0.39, 0.29) is 17.3 Å². The molecule has 3 rings (SSSR count). The average molecular weight is 351 g/mol. The van der Waals surface area contributed by atoms with E-state index < -0.39 is 16.4 Å². The maximum Gasteiger partial charge on any atom is 0.295 e. The monoisotopic (exact) mass is 351 g/mol. The van der Waals surface area contributed by atoms with Crippen LogP contribution in [0.1, 0.15) is 12.8 Å². The van der Waals surface area contributed by atoms with Gasteiger partial charge in [0.25, 0.3) is 5.69 Å². The molecule has 1 aromatic rings. The van der Waals surface area contributed by atoms with Crippen LogP contribution in [-0.2, 0) is 4.79 Å². The smallest absolute Gasteiger partial charge is 0.295 e. The maximum atomic E-state index is 14.2. The number of likely N-dealkylation sites (tertiary alicyclic amines) is 1. The van der Waals surface area contributed by atoms with Gasteiger partial charge < -0.3 is 15.5 Å². The van der Waals surface area contributed by atoms with Crippen LogP contribution in [0.25, 0.3) is 0 Å². The highest BCUT2D eigenvalue weighted by molar-refractivity contribution is 5.78. The van der Waals surface area contributed by atoms with Crippen LogP contribution in [0.15, 0.2) is 12.1 Å². The molecule has 0 atom stereocenters. The topological polar surface area (TPSA) is 96.0 Å². The van der Waals surface area contributed by atoms with Crippen molar-refractivity contribution in [2.75, 3.05) is 56.4 Å². The molecule has 0 unspecified atom stereocenters. The van der Waals surface area contributed by atoms with Gasteiger partial charge >= 0.3 is 0 Å². The summed E-state index contributed by atoms with van der Waals surface area (Å²) in [5.41, 5.74) is 5.47. The molecule has 2 aliphatic heterocycles. The second-order valence-electron chi connectivity index (χ2n) is 6.47. The number of rotatable bonds is 4. The third-order valence-corrected chi connectivity index (χ3v) is 4.82. The van der Waals surface area contributed by atoms with Crippen LogP contribution in [0.2, 0.25) is 0 Å². The number of nitrogen functional groups attached to an aromatic ring is 1. The first-order chi connectivity index (χ1) is 12.0. The van der Waals surface area contributed by atoms with Crippen LogP contribution in [0, 0.1) is 15.9 Å². The molecule has 9 heteroatoms. The molecule has 2 aliphatic rings. The predicted molar refractivity (Wildman–Crippen MR) is 91.9 cm³/mol. The minimum Gasteiger partial charge on any atom is -0.393 e. The predicted octanol–water partition coefficient (Wildman–Crippen LogP) is 1.06. The third-order valence-electron chi connectivity index (χ3n) is 4.82. The summed E-state index contributed by atoms with van der Waals surface area (Å²) in [5.74, 6) is -0.501. The quantitative estimate of drug-likeness (QED) is 0.495. The van der Waals surface area contributed by atoms with Gasteiger partial charge in [-0.2, -0.15) is 0 Å². The number of hydrogen-bond donors (Lipinski definition) is 1. The number of anilines is 2. The Morgan fingerprint density at radius 3 is 2.40 bits per heavy atom. The highest BCUT2D eigenvalue weighted by atomic mass is 19.1. The van der Waals surface area contributed by atoms with E-state index in [4.69, 9.17) is 5.73 Å². The Bertz CT molecular complexity index is 670. The zero-order valence-corrected chi connectivity index (χ0v) is 14.0. The number of carbonyl (C=O) groups is 1. The second kappa shape index (κ2) is 7.22. The summed E-state index contributed by atoms with van der Waals surface area (Å²) < 4.78 is 14.2. The van der Waals surface area contributed by atoms with Crippen LogP contribution in [0.5, 0.6) is 0 Å². The summed E-state index contributed by atoms with van der Waals surface area (Å²) in [6.45, 7) is 4.42. The lowest BCUT2D eigenvalue weighted by molar-refractivity contribution is -0.384. The molecule has 0 spiro atoms. The van der Waals surface area contributed by atoms with Crippen molar-refractivity contribution in [3.63, 3.8) is 0 Å². The Balaban J connectivity index is 1.59. The summed E-state index contributed by atoms with van der Waals surface area (Å²) in [5, 5.41) is 10.8. The van der Waals surface area contributed by atoms with Crippen molar-refractivity contribution in [3.8, 4) is 0 Å². The number of carbonyl (C=O) groups excluding carboxylic acids is 1. The van der Waals surface area contributed by atoms with Gasteiger partial charge in [0.05, 0.1) is 23.2 Å². The summed E-state index contributed by atoms with van der Waals surface area (Å²) in [6, 6.07) is 2.19. The standard InChI is InChI=1S/C16H22FN5O3/c17-12-9-15(22(24)25)13(18)10-14(12)20-7-5-19(6-8-20)11-16(23)21-3-1-2-4-21/h9-10H,1-8,11,18H2. The molecule has 0 saturated carbocycles. The number of nitrogens with zero attached hydrogens (tertiary/aromatic N) is 4. The summed E-state index contributed by atoms with van der Waals surface area (Å²) >= 11 is 0. The Labute approximate surface area is 145 Å². The largest absolute Gasteiger partial charge is 0.393 e. The van der Waals surface area contributed by atoms with E-state index in [0.717, 1.165) is 32.0 Å². The number of benzene rings is 1. The van der Waals surface area contributed by atoms with Gasteiger partial charge in [0.1, 0.15) is 5.69 Å². The number of halogens is 1. The van der Waals surface area contributed by atoms with Gasteiger partial charge in [-0.15, -0.1) is 0 Å². The fourth-order valence-corrected chi connectivity index (χ4v) is 3.37. The van der Waals surface area contributed by atoms with Gasteiger partial charge in [0, 0.05) is 39.3 Å². The zero-order chi connectivity index (χ0) is 18.0. The molecule has 2 N–H and O–H groups in total. The number of piperazine rings is 1. The molecule has 0 bridgehead atoms. The van der Waals surface area contributed by atoms with E-state index in [2.05, 4.69) is 4.90 Å². The van der Waals surface area contributed by atoms with Gasteiger partial charge in [-0.1, -0.05) is 0 Å². The molecular formula is C16H22FN5O3. The normalized spacial score (nSPS) is 18.6. The van der Waals surface area contributed by atoms with Crippen LogP contribution >= 0.6 is 0 Å². The maximum absolute atomic E-state index is 14.2. The van der Waals surface area contributed by atoms with Gasteiger partial charge in [0.15, 0.2) is 5.82 Å². The molecular weight excluding hydrogens is 329 g/mol. The summed E-state index contributed by atoms with van der Waals surface area (Å²) in [4.78, 5) is 28.1. The fraction of sp³-hybridized carbons (Fsp3) is 0.562. The minimum atomic E-state index is -0.690. The van der Waals surface area contributed by atoms with Crippen LogP contribution < -0.4 is 10.6 Å². The number of nitro benzene ring substituents is 1. The Kier molecular flexibility index (Phi) is 5.03. The zero-order valence-electron chi connectivity index (χ0n) is 14.0. The molecule has 0 aliphatic carbocycles. The first-order valence-corrected chi connectivity index (χ1v) is 8.44. The lowest BCUT2D eigenvalue weighted by atomic mass is 10.2. The molecule has 2 fully saturated rings. The van der Waals surface area contributed by atoms with Gasteiger partial charge in [0.2, 0.25) is 5.91 Å². The van der Waals surface area contributed by atoms with Crippen molar-refractivity contribution in [1.29, 1.82) is 0 Å². The minimum absolute atomic E-state index is 0.0481. The van der Waals surface area contributed by atoms with Gasteiger partial charge in [-0.05, 0) is 18.9 Å². The van der Waals surface area contributed by atoms with Crippen molar-refractivity contribution in [2.45, 2.75) is 12.8 Å². The number of nitrogens with two attached hydrogens (primary N) is 1. The van der Waals surface area contributed by atoms with Crippen molar-refractivity contribution in [3.05, 3.63) is 28.1 Å². The van der Waals surface area contributed by atoms with Crippen LogP contribution in [0.3, 0.4) is 0 Å². The molecule has 1 aromatic carbocycles. The van der Waals surface area contributed by atoms with E-state index in [0.29, 0.717) is 32.7 Å². The molecule has 25 heavy (non-hydrogen) atoms. The highest BCUT2D eigenvalue weighted by Gasteiger charge is 2.26. The summed E-state index contributed by atoms with van der Waals surface area (Å²) in [7, 11) is 0. The van der Waals surface area contributed by atoms with E-state index in [1.165, 1.54) is 6.07 Å². The molecule has 136 valence electrons. The van der Waals surface area contributed by atoms with Crippen molar-refractivity contribution >= 4 is 23.0 Å². The van der Waals surface area contributed by atoms with Crippen molar-refractivity contribution in [1.82, 2.24) is 9.80 Å². The first kappa shape index (κ1) is 17.4. The third kappa shape index (κ3) is 3.81. The molecule has 2 saturated heterocycles. The second-order valence-corrected chi connectivity index (χ2v) is 6.47. The molecule has 2 heterocycles. The number of hydrogen-bond acceptors (Lipinski definition) is 6. The molecule has 8 nitrogen and oxygen atoms in total. The van der Waals surface area contributed by atoms with Crippen LogP contribution in [0.4, 0.5) is 21.5 Å². The molecule has 1 amide bonds. The number of amides is 1. The molecule has 0 aromatic heterocycles. The Morgan fingerprint density at radius 2 is 1.80 bits per heavy atom. The van der Waals surface area contributed by atoms with E-state index in [9.17, 15) is 19.3 Å². The Morgan fingerprint density at radius 1 is 1.16 bits per heavy atom. The van der Waals surface area contributed by atoms with Gasteiger partial charge in [-0.25, -0.2) is 4.39 Å². The van der Waals surface area contributed by atoms with Crippen molar-refractivity contribution < 1.29 is 14.1 Å². The SMILES string of the molecule is Nc1cc(N2CCN(CC(=O)N3CCCC3)CC2)c(F)cc1[N+](=O)[O-]. The highest BCUT2D eigenvalue weighted by Crippen LogP contribution is 2.30.